The summed E-state index contributed by atoms with van der Waals surface area (Å²) >= 11 is -4.86. The average Bonchev–Trinajstić information content (AvgIpc) is 3.85. The molecule has 0 amide bonds. The van der Waals surface area contributed by atoms with Crippen molar-refractivity contribution in [3.63, 3.8) is 0 Å². The predicted molar refractivity (Wildman–Crippen MR) is 265 cm³/mol. The topological polar surface area (TPSA) is 0 Å². The Hall–Kier alpha value is -3.87. The molecule has 0 radical (unpaired) electrons. The van der Waals surface area contributed by atoms with Crippen molar-refractivity contribution in [1.82, 2.24) is 0 Å². The Bertz CT molecular complexity index is 2660. The molecule has 0 atom stereocenters. The number of hydrogen-bond acceptors (Lipinski definition) is 0. The summed E-state index contributed by atoms with van der Waals surface area (Å²) in [5.41, 5.74) is 22.1. The van der Waals surface area contributed by atoms with E-state index in [-0.39, 0.29) is 35.6 Å². The molecule has 0 N–H and O–H groups in total. The first-order valence-corrected chi connectivity index (χ1v) is 29.1. The number of rotatable bonds is 8. The maximum absolute atomic E-state index is 6.00. The van der Waals surface area contributed by atoms with Crippen LogP contribution < -0.4 is 3.27 Å². The molecule has 0 saturated heterocycles. The van der Waals surface area contributed by atoms with Crippen molar-refractivity contribution in [2.45, 2.75) is 101 Å². The third kappa shape index (κ3) is 8.13. The third-order valence-electron chi connectivity index (χ3n) is 13.6. The molecule has 310 valence electrons. The fourth-order valence-electron chi connectivity index (χ4n) is 10.5. The SMILES string of the molecule is Cl.Cl.[CH2]=[Zr]([CH2]c1ccc(C)cc1)([CH2]c1ccc(C)cc1)([C]1=CC=CC1)[c]1c2c(cc(C(C)(C)C)c1-c1ccccc1C)-c1cc(C(C)(C)C)c(-c3ccccc3C)cc1C2. The Morgan fingerprint density at radius 1 is 0.550 bits per heavy atom. The van der Waals surface area contributed by atoms with Crippen LogP contribution in [-0.2, 0) is 43.8 Å². The van der Waals surface area contributed by atoms with Gasteiger partial charge in [-0.1, -0.05) is 0 Å². The van der Waals surface area contributed by atoms with E-state index in [4.69, 9.17) is 4.21 Å². The van der Waals surface area contributed by atoms with E-state index >= 15 is 0 Å². The van der Waals surface area contributed by atoms with Crippen LogP contribution in [0.25, 0.3) is 33.4 Å². The van der Waals surface area contributed by atoms with Crippen LogP contribution in [0.3, 0.4) is 0 Å². The summed E-state index contributed by atoms with van der Waals surface area (Å²) in [6.07, 6.45) is 9.12. The fourth-order valence-corrected chi connectivity index (χ4v) is 27.3. The zero-order valence-electron chi connectivity index (χ0n) is 37.6. The molecule has 3 heteroatoms. The molecule has 6 aromatic carbocycles. The van der Waals surface area contributed by atoms with Gasteiger partial charge in [0.1, 0.15) is 0 Å². The molecule has 0 fully saturated rings. The van der Waals surface area contributed by atoms with Gasteiger partial charge in [-0.15, -0.1) is 24.8 Å². The van der Waals surface area contributed by atoms with E-state index in [0.717, 1.165) is 21.1 Å². The minimum absolute atomic E-state index is 0. The van der Waals surface area contributed by atoms with Crippen molar-refractivity contribution in [3.05, 3.63) is 192 Å². The van der Waals surface area contributed by atoms with E-state index in [0.29, 0.717) is 0 Å². The van der Waals surface area contributed by atoms with Crippen molar-refractivity contribution in [1.29, 1.82) is 0 Å². The van der Waals surface area contributed by atoms with Gasteiger partial charge in [0.2, 0.25) is 0 Å². The molecule has 0 saturated carbocycles. The van der Waals surface area contributed by atoms with E-state index < -0.39 is 18.3 Å². The molecular weight excluding hydrogens is 847 g/mol. The molecule has 0 heterocycles. The molecular formula is C57H64Cl2Zr. The van der Waals surface area contributed by atoms with E-state index in [1.54, 1.807) is 6.55 Å². The summed E-state index contributed by atoms with van der Waals surface area (Å²) < 4.78 is 11.2. The van der Waals surface area contributed by atoms with Crippen LogP contribution in [-0.4, -0.2) is 4.21 Å². The van der Waals surface area contributed by atoms with E-state index in [2.05, 4.69) is 203 Å². The van der Waals surface area contributed by atoms with Crippen molar-refractivity contribution < 1.29 is 18.3 Å². The Kier molecular flexibility index (Phi) is 12.8. The van der Waals surface area contributed by atoms with Gasteiger partial charge in [-0.3, -0.25) is 0 Å². The minimum atomic E-state index is -4.86. The first-order valence-electron chi connectivity index (χ1n) is 21.5. The molecule has 0 aliphatic heterocycles. The van der Waals surface area contributed by atoms with Crippen molar-refractivity contribution >= 4 is 32.3 Å². The van der Waals surface area contributed by atoms with Gasteiger partial charge in [-0.05, 0) is 0 Å². The quantitative estimate of drug-likeness (QED) is 0.143. The standard InChI is InChI=1S/C35H37.2C8H9.C5H5.CH2.2ClH.Zr/c1-22-13-9-11-15-26(22)30-18-24-17-25-19-31(27-16-12-10-14-23(27)2)33(35(6,7)8)21-29(25)28(24)20-32(30)34(3,4)5;2*1-7-3-5-8(2)6-4-7;1-2-4-5-3-1;;;;/h9-16,18,20-21H,17H2,1-8H3;2*3-6H,1H2,2H3;1-3H,4H2;1H2;2*1H;. The van der Waals surface area contributed by atoms with Crippen LogP contribution in [0.1, 0.15) is 104 Å². The number of aryl methyl sites for hydroxylation is 4. The number of allylic oxidation sites excluding steroid dienone is 4. The van der Waals surface area contributed by atoms with Crippen molar-refractivity contribution in [2.24, 2.45) is 0 Å². The van der Waals surface area contributed by atoms with Gasteiger partial charge in [0.15, 0.2) is 0 Å². The van der Waals surface area contributed by atoms with Crippen LogP contribution in [0, 0.1) is 27.7 Å². The maximum atomic E-state index is 6.00. The molecule has 0 spiro atoms. The molecule has 2 aliphatic rings. The molecule has 0 unspecified atom stereocenters. The summed E-state index contributed by atoms with van der Waals surface area (Å²) in [4.78, 5) is 0. The Morgan fingerprint density at radius 2 is 1.05 bits per heavy atom. The summed E-state index contributed by atoms with van der Waals surface area (Å²) in [6.45, 7) is 23.4. The van der Waals surface area contributed by atoms with Gasteiger partial charge in [0.25, 0.3) is 0 Å². The molecule has 8 rings (SSSR count). The summed E-state index contributed by atoms with van der Waals surface area (Å²) in [5, 5.41) is 0. The van der Waals surface area contributed by atoms with Crippen LogP contribution in [0.15, 0.2) is 137 Å². The summed E-state index contributed by atoms with van der Waals surface area (Å²) in [7, 11) is 0. The first-order chi connectivity index (χ1) is 27.4. The summed E-state index contributed by atoms with van der Waals surface area (Å²) in [6, 6.07) is 44.9. The number of hydrogen-bond donors (Lipinski definition) is 0. The normalized spacial score (nSPS) is 13.6. The van der Waals surface area contributed by atoms with E-state index in [9.17, 15) is 0 Å². The monoisotopic (exact) mass is 908 g/mol. The number of fused-ring (bicyclic) bond motifs is 3. The third-order valence-corrected chi connectivity index (χ3v) is 29.4. The Balaban J connectivity index is 0.00000302. The van der Waals surface area contributed by atoms with Crippen LogP contribution in [0.5, 0.6) is 0 Å². The number of benzene rings is 6. The van der Waals surface area contributed by atoms with Gasteiger partial charge in [-0.25, -0.2) is 0 Å². The van der Waals surface area contributed by atoms with Gasteiger partial charge in [0.05, 0.1) is 0 Å². The van der Waals surface area contributed by atoms with Crippen LogP contribution in [0.4, 0.5) is 0 Å². The van der Waals surface area contributed by atoms with Gasteiger partial charge < -0.3 is 0 Å². The molecule has 60 heavy (non-hydrogen) atoms. The molecule has 2 aliphatic carbocycles. The molecule has 0 aromatic heterocycles. The average molecular weight is 911 g/mol. The Labute approximate surface area is 374 Å². The predicted octanol–water partition coefficient (Wildman–Crippen LogP) is 15.3. The van der Waals surface area contributed by atoms with Gasteiger partial charge in [-0.2, -0.15) is 0 Å². The van der Waals surface area contributed by atoms with Crippen LogP contribution >= 0.6 is 24.8 Å². The van der Waals surface area contributed by atoms with E-state index in [1.165, 1.54) is 89.0 Å². The zero-order valence-corrected chi connectivity index (χ0v) is 41.6. The van der Waals surface area contributed by atoms with Crippen LogP contribution in [0.2, 0.25) is 0 Å². The molecule has 6 aromatic rings. The van der Waals surface area contributed by atoms with Gasteiger partial charge in [0, 0.05) is 0 Å². The van der Waals surface area contributed by atoms with Crippen molar-refractivity contribution in [3.8, 4) is 33.4 Å². The second kappa shape index (κ2) is 16.8. The van der Waals surface area contributed by atoms with Crippen molar-refractivity contribution in [2.75, 3.05) is 0 Å². The second-order valence-electron chi connectivity index (χ2n) is 20.1. The van der Waals surface area contributed by atoms with Gasteiger partial charge >= 0.3 is 353 Å². The summed E-state index contributed by atoms with van der Waals surface area (Å²) in [5.74, 6) is 0. The second-order valence-corrected chi connectivity index (χ2v) is 34.2. The van der Waals surface area contributed by atoms with E-state index in [1.807, 2.05) is 0 Å². The fraction of sp³-hybridized carbons (Fsp3) is 0.281. The zero-order chi connectivity index (χ0) is 41.2. The first kappa shape index (κ1) is 45.7. The number of halogens is 2. The molecule has 0 bridgehead atoms. The molecule has 0 nitrogen and oxygen atoms in total. The Morgan fingerprint density at radius 3 is 1.53 bits per heavy atom.